The van der Waals surface area contributed by atoms with Crippen LogP contribution >= 0.6 is 0 Å². The summed E-state index contributed by atoms with van der Waals surface area (Å²) < 4.78 is 5.69. The Kier molecular flexibility index (Phi) is 5.61. The van der Waals surface area contributed by atoms with Gasteiger partial charge in [-0.2, -0.15) is 0 Å². The number of benzene rings is 1. The van der Waals surface area contributed by atoms with E-state index in [0.717, 1.165) is 11.3 Å². The second-order valence-corrected chi connectivity index (χ2v) is 6.64. The molecule has 0 heterocycles. The van der Waals surface area contributed by atoms with E-state index in [1.807, 2.05) is 31.2 Å². The first-order valence-electron chi connectivity index (χ1n) is 7.23. The maximum absolute atomic E-state index is 11.9. The van der Waals surface area contributed by atoms with E-state index in [9.17, 15) is 4.79 Å². The van der Waals surface area contributed by atoms with Crippen LogP contribution in [0.3, 0.4) is 0 Å². The highest BCUT2D eigenvalue weighted by molar-refractivity contribution is 5.77. The first-order chi connectivity index (χ1) is 9.21. The summed E-state index contributed by atoms with van der Waals surface area (Å²) >= 11 is 0. The molecule has 1 rings (SSSR count). The second kappa shape index (κ2) is 6.78. The molecule has 0 spiro atoms. The van der Waals surface area contributed by atoms with E-state index < -0.39 is 0 Å². The number of para-hydroxylation sites is 1. The molecule has 0 radical (unpaired) electrons. The van der Waals surface area contributed by atoms with Crippen LogP contribution in [0.15, 0.2) is 24.3 Å². The molecule has 1 N–H and O–H groups in total. The Morgan fingerprint density at radius 3 is 2.35 bits per heavy atom. The van der Waals surface area contributed by atoms with E-state index in [1.165, 1.54) is 0 Å². The van der Waals surface area contributed by atoms with Crippen molar-refractivity contribution < 1.29 is 9.53 Å². The van der Waals surface area contributed by atoms with Crippen molar-refractivity contribution in [2.75, 3.05) is 6.61 Å². The predicted molar refractivity (Wildman–Crippen MR) is 83.1 cm³/mol. The van der Waals surface area contributed by atoms with Crippen molar-refractivity contribution in [3.63, 3.8) is 0 Å². The number of hydrogen-bond donors (Lipinski definition) is 1. The van der Waals surface area contributed by atoms with Gasteiger partial charge >= 0.3 is 0 Å². The van der Waals surface area contributed by atoms with Gasteiger partial charge in [-0.3, -0.25) is 4.79 Å². The average Bonchev–Trinajstić information content (AvgIpc) is 2.35. The van der Waals surface area contributed by atoms with Gasteiger partial charge in [0.05, 0.1) is 0 Å². The molecule has 1 aromatic rings. The highest BCUT2D eigenvalue weighted by Crippen LogP contribution is 2.30. The number of carbonyl (C=O) groups is 1. The summed E-state index contributed by atoms with van der Waals surface area (Å²) in [6, 6.07) is 8.04. The number of hydrogen-bond acceptors (Lipinski definition) is 2. The Balaban J connectivity index is 2.65. The Hall–Kier alpha value is -1.51. The minimum absolute atomic E-state index is 0.00169. The average molecular weight is 277 g/mol. The van der Waals surface area contributed by atoms with E-state index in [-0.39, 0.29) is 24.0 Å². The predicted octanol–water partition coefficient (Wildman–Crippen LogP) is 3.52. The summed E-state index contributed by atoms with van der Waals surface area (Å²) in [5.74, 6) is 1.13. The van der Waals surface area contributed by atoms with Gasteiger partial charge in [0.2, 0.25) is 0 Å². The van der Waals surface area contributed by atoms with Gasteiger partial charge in [0.15, 0.2) is 6.61 Å². The van der Waals surface area contributed by atoms with Gasteiger partial charge in [0.1, 0.15) is 5.75 Å². The first kappa shape index (κ1) is 16.5. The fourth-order valence-corrected chi connectivity index (χ4v) is 1.82. The topological polar surface area (TPSA) is 38.3 Å². The third-order valence-corrected chi connectivity index (χ3v) is 3.44. The molecule has 0 bridgehead atoms. The molecular weight excluding hydrogens is 250 g/mol. The van der Waals surface area contributed by atoms with Crippen molar-refractivity contribution in [3.05, 3.63) is 29.8 Å². The van der Waals surface area contributed by atoms with E-state index in [0.29, 0.717) is 5.92 Å². The van der Waals surface area contributed by atoms with Crippen molar-refractivity contribution in [1.82, 2.24) is 5.32 Å². The lowest BCUT2D eigenvalue weighted by atomic mass is 9.86. The van der Waals surface area contributed by atoms with Crippen LogP contribution in [0.2, 0.25) is 0 Å². The molecule has 1 aromatic carbocycles. The molecule has 0 saturated carbocycles. The zero-order chi connectivity index (χ0) is 15.3. The maximum atomic E-state index is 11.9. The molecule has 20 heavy (non-hydrogen) atoms. The molecular formula is C17H27NO2. The van der Waals surface area contributed by atoms with Crippen molar-refractivity contribution >= 4 is 5.91 Å². The van der Waals surface area contributed by atoms with Crippen molar-refractivity contribution in [2.24, 2.45) is 5.92 Å². The molecule has 112 valence electrons. The number of nitrogens with one attached hydrogen (secondary N) is 1. The lowest BCUT2D eigenvalue weighted by Crippen LogP contribution is -2.39. The van der Waals surface area contributed by atoms with E-state index in [4.69, 9.17) is 4.74 Å². The van der Waals surface area contributed by atoms with Gasteiger partial charge in [-0.05, 0) is 29.9 Å². The first-order valence-corrected chi connectivity index (χ1v) is 7.23. The second-order valence-electron chi connectivity index (χ2n) is 6.64. The quantitative estimate of drug-likeness (QED) is 0.894. The minimum Gasteiger partial charge on any atom is -0.483 e. The van der Waals surface area contributed by atoms with Crippen molar-refractivity contribution in [2.45, 2.75) is 53.0 Å². The van der Waals surface area contributed by atoms with Gasteiger partial charge in [-0.25, -0.2) is 0 Å². The van der Waals surface area contributed by atoms with Gasteiger partial charge in [-0.1, -0.05) is 52.8 Å². The van der Waals surface area contributed by atoms with Crippen LogP contribution in [0.5, 0.6) is 5.75 Å². The molecule has 0 aliphatic rings. The Labute approximate surface area is 122 Å². The van der Waals surface area contributed by atoms with Crippen LogP contribution in [0.25, 0.3) is 0 Å². The van der Waals surface area contributed by atoms with Gasteiger partial charge < -0.3 is 10.1 Å². The van der Waals surface area contributed by atoms with Crippen LogP contribution in [0.4, 0.5) is 0 Å². The monoisotopic (exact) mass is 277 g/mol. The van der Waals surface area contributed by atoms with E-state index in [1.54, 1.807) is 0 Å². The summed E-state index contributed by atoms with van der Waals surface area (Å²) in [7, 11) is 0. The van der Waals surface area contributed by atoms with Crippen LogP contribution in [-0.4, -0.2) is 18.6 Å². The Bertz CT molecular complexity index is 447. The summed E-state index contributed by atoms with van der Waals surface area (Å²) in [5.41, 5.74) is 1.11. The van der Waals surface area contributed by atoms with Crippen LogP contribution in [0, 0.1) is 5.92 Å². The molecule has 0 aromatic heterocycles. The molecule has 0 aliphatic carbocycles. The fraction of sp³-hybridized carbons (Fsp3) is 0.588. The molecule has 1 unspecified atom stereocenters. The third-order valence-electron chi connectivity index (χ3n) is 3.44. The number of carbonyl (C=O) groups excluding carboxylic acids is 1. The maximum Gasteiger partial charge on any atom is 0.258 e. The Morgan fingerprint density at radius 2 is 1.80 bits per heavy atom. The SMILES string of the molecule is CC(C)C(C)NC(=O)COc1ccccc1C(C)(C)C. The van der Waals surface area contributed by atoms with E-state index >= 15 is 0 Å². The van der Waals surface area contributed by atoms with Crippen LogP contribution in [0.1, 0.15) is 47.1 Å². The Morgan fingerprint density at radius 1 is 1.20 bits per heavy atom. The summed E-state index contributed by atoms with van der Waals surface area (Å²) in [6.45, 7) is 12.6. The minimum atomic E-state index is -0.0742. The highest BCUT2D eigenvalue weighted by Gasteiger charge is 2.19. The highest BCUT2D eigenvalue weighted by atomic mass is 16.5. The number of ether oxygens (including phenoxy) is 1. The zero-order valence-corrected chi connectivity index (χ0v) is 13.5. The van der Waals surface area contributed by atoms with Gasteiger partial charge in [0.25, 0.3) is 5.91 Å². The fourth-order valence-electron chi connectivity index (χ4n) is 1.82. The normalized spacial score (nSPS) is 13.2. The lowest BCUT2D eigenvalue weighted by molar-refractivity contribution is -0.124. The third kappa shape index (κ3) is 4.87. The molecule has 0 saturated heterocycles. The van der Waals surface area contributed by atoms with Crippen molar-refractivity contribution in [3.8, 4) is 5.75 Å². The molecule has 0 aliphatic heterocycles. The van der Waals surface area contributed by atoms with Crippen LogP contribution < -0.4 is 10.1 Å². The molecule has 1 atom stereocenters. The van der Waals surface area contributed by atoms with Gasteiger partial charge in [0, 0.05) is 6.04 Å². The molecule has 3 heteroatoms. The van der Waals surface area contributed by atoms with E-state index in [2.05, 4.69) is 39.9 Å². The molecule has 0 fully saturated rings. The summed E-state index contributed by atoms with van der Waals surface area (Å²) in [4.78, 5) is 11.9. The van der Waals surface area contributed by atoms with Crippen molar-refractivity contribution in [1.29, 1.82) is 0 Å². The lowest BCUT2D eigenvalue weighted by Gasteiger charge is -2.23. The molecule has 3 nitrogen and oxygen atoms in total. The zero-order valence-electron chi connectivity index (χ0n) is 13.5. The van der Waals surface area contributed by atoms with Gasteiger partial charge in [-0.15, -0.1) is 0 Å². The number of rotatable bonds is 5. The standard InChI is InChI=1S/C17H27NO2/c1-12(2)13(3)18-16(19)11-20-15-10-8-7-9-14(15)17(4,5)6/h7-10,12-13H,11H2,1-6H3,(H,18,19). The summed E-state index contributed by atoms with van der Waals surface area (Å²) in [6.07, 6.45) is 0. The smallest absolute Gasteiger partial charge is 0.258 e. The number of amides is 1. The largest absolute Gasteiger partial charge is 0.483 e. The van der Waals surface area contributed by atoms with Crippen LogP contribution in [-0.2, 0) is 10.2 Å². The molecule has 1 amide bonds. The summed E-state index contributed by atoms with van der Waals surface area (Å²) in [5, 5.41) is 2.94.